The van der Waals surface area contributed by atoms with E-state index in [0.717, 1.165) is 13.1 Å². The van der Waals surface area contributed by atoms with Crippen molar-refractivity contribution in [3.63, 3.8) is 0 Å². The molecular weight excluding hydrogens is 238 g/mol. The average Bonchev–Trinajstić information content (AvgIpc) is 2.71. The highest BCUT2D eigenvalue weighted by molar-refractivity contribution is 7.13. The van der Waals surface area contributed by atoms with Gasteiger partial charge in [0.25, 0.3) is 0 Å². The lowest BCUT2D eigenvalue weighted by Crippen LogP contribution is -2.18. The molecule has 1 aromatic rings. The molecule has 0 amide bonds. The first kappa shape index (κ1) is 15.5. The van der Waals surface area contributed by atoms with E-state index in [0.29, 0.717) is 5.92 Å². The largest absolute Gasteiger partial charge is 0.313 e. The smallest absolute Gasteiger partial charge is 0.0273 e. The Bertz CT molecular complexity index is 393. The van der Waals surface area contributed by atoms with Crippen molar-refractivity contribution >= 4 is 17.4 Å². The average molecular weight is 265 g/mol. The third-order valence-corrected chi connectivity index (χ3v) is 4.47. The molecule has 1 N–H and O–H groups in total. The number of hydrogen-bond acceptors (Lipinski definition) is 2. The number of likely N-dealkylation sites (N-methyl/N-ethyl adjacent to an activating group) is 1. The summed E-state index contributed by atoms with van der Waals surface area (Å²) in [6, 6.07) is 4.52. The third-order valence-electron chi connectivity index (χ3n) is 3.01. The van der Waals surface area contributed by atoms with Crippen molar-refractivity contribution in [1.29, 1.82) is 0 Å². The lowest BCUT2D eigenvalue weighted by molar-refractivity contribution is 0.604. The van der Waals surface area contributed by atoms with Crippen LogP contribution in [-0.2, 0) is 5.41 Å². The fourth-order valence-corrected chi connectivity index (χ4v) is 2.75. The van der Waals surface area contributed by atoms with Crippen LogP contribution in [0, 0.1) is 5.92 Å². The van der Waals surface area contributed by atoms with Crippen molar-refractivity contribution < 1.29 is 0 Å². The predicted molar refractivity (Wildman–Crippen MR) is 84.4 cm³/mol. The molecule has 0 atom stereocenters. The molecule has 1 nitrogen and oxygen atoms in total. The lowest BCUT2D eigenvalue weighted by Gasteiger charge is -2.15. The number of hydrogen-bond donors (Lipinski definition) is 1. The Labute approximate surface area is 116 Å². The van der Waals surface area contributed by atoms with Crippen molar-refractivity contribution in [3.05, 3.63) is 27.5 Å². The van der Waals surface area contributed by atoms with Gasteiger partial charge in [-0.05, 0) is 36.1 Å². The normalized spacial score (nSPS) is 13.4. The Morgan fingerprint density at radius 3 is 2.44 bits per heavy atom. The van der Waals surface area contributed by atoms with E-state index in [1.807, 2.05) is 11.3 Å². The van der Waals surface area contributed by atoms with E-state index in [2.05, 4.69) is 65.1 Å². The minimum Gasteiger partial charge on any atom is -0.313 e. The van der Waals surface area contributed by atoms with Crippen molar-refractivity contribution in [1.82, 2.24) is 5.32 Å². The van der Waals surface area contributed by atoms with Crippen LogP contribution >= 0.6 is 11.3 Å². The highest BCUT2D eigenvalue weighted by Gasteiger charge is 2.15. The Morgan fingerprint density at radius 2 is 2.00 bits per heavy atom. The van der Waals surface area contributed by atoms with Crippen molar-refractivity contribution in [2.24, 2.45) is 5.92 Å². The number of nitrogens with one attached hydrogen (secondary N) is 1. The zero-order valence-corrected chi connectivity index (χ0v) is 13.4. The Hall–Kier alpha value is -0.600. The molecule has 0 aliphatic rings. The molecule has 0 spiro atoms. The Kier molecular flexibility index (Phi) is 5.61. The topological polar surface area (TPSA) is 12.0 Å². The first-order chi connectivity index (χ1) is 8.34. The molecular formula is C16H27NS. The molecule has 0 radical (unpaired) electrons. The van der Waals surface area contributed by atoms with Gasteiger partial charge in [0.05, 0.1) is 0 Å². The number of thiophene rings is 1. The molecule has 1 heterocycles. The van der Waals surface area contributed by atoms with Crippen molar-refractivity contribution in [3.8, 4) is 0 Å². The molecule has 0 bridgehead atoms. The molecule has 2 heteroatoms. The molecule has 0 saturated carbocycles. The highest BCUT2D eigenvalue weighted by atomic mass is 32.1. The SMILES string of the molecule is CCNC/C(=C/c1ccc(C(C)(C)C)s1)C(C)C. The van der Waals surface area contributed by atoms with Crippen LogP contribution in [0.4, 0.5) is 0 Å². The summed E-state index contributed by atoms with van der Waals surface area (Å²) in [7, 11) is 0. The monoisotopic (exact) mass is 265 g/mol. The van der Waals surface area contributed by atoms with E-state index in [9.17, 15) is 0 Å². The molecule has 1 rings (SSSR count). The molecule has 18 heavy (non-hydrogen) atoms. The lowest BCUT2D eigenvalue weighted by atomic mass is 9.95. The van der Waals surface area contributed by atoms with Crippen LogP contribution < -0.4 is 5.32 Å². The van der Waals surface area contributed by atoms with Gasteiger partial charge in [-0.25, -0.2) is 0 Å². The second kappa shape index (κ2) is 6.53. The zero-order chi connectivity index (χ0) is 13.8. The van der Waals surface area contributed by atoms with Gasteiger partial charge in [0.2, 0.25) is 0 Å². The maximum absolute atomic E-state index is 3.42. The summed E-state index contributed by atoms with van der Waals surface area (Å²) in [4.78, 5) is 2.84. The fraction of sp³-hybridized carbons (Fsp3) is 0.625. The van der Waals surface area contributed by atoms with Gasteiger partial charge in [0, 0.05) is 16.3 Å². The third kappa shape index (κ3) is 4.58. The fourth-order valence-electron chi connectivity index (χ4n) is 1.71. The van der Waals surface area contributed by atoms with Crippen LogP contribution in [0.25, 0.3) is 6.08 Å². The molecule has 0 aliphatic carbocycles. The van der Waals surface area contributed by atoms with E-state index in [-0.39, 0.29) is 5.41 Å². The summed E-state index contributed by atoms with van der Waals surface area (Å²) in [6.07, 6.45) is 2.35. The van der Waals surface area contributed by atoms with Gasteiger partial charge in [-0.2, -0.15) is 0 Å². The van der Waals surface area contributed by atoms with Crippen molar-refractivity contribution in [2.75, 3.05) is 13.1 Å². The van der Waals surface area contributed by atoms with E-state index in [1.54, 1.807) is 0 Å². The Morgan fingerprint density at radius 1 is 1.33 bits per heavy atom. The number of rotatable bonds is 5. The van der Waals surface area contributed by atoms with E-state index in [1.165, 1.54) is 15.3 Å². The van der Waals surface area contributed by atoms with Crippen LogP contribution in [0.5, 0.6) is 0 Å². The second-order valence-corrected chi connectivity index (χ2v) is 7.22. The van der Waals surface area contributed by atoms with Gasteiger partial charge < -0.3 is 5.32 Å². The van der Waals surface area contributed by atoms with Crippen LogP contribution in [-0.4, -0.2) is 13.1 Å². The predicted octanol–water partition coefficient (Wildman–Crippen LogP) is 4.69. The van der Waals surface area contributed by atoms with Crippen molar-refractivity contribution in [2.45, 2.75) is 47.0 Å². The molecule has 0 saturated heterocycles. The van der Waals surface area contributed by atoms with Crippen LogP contribution in [0.15, 0.2) is 17.7 Å². The van der Waals surface area contributed by atoms with E-state index < -0.39 is 0 Å². The summed E-state index contributed by atoms with van der Waals surface area (Å²) in [5.74, 6) is 0.601. The van der Waals surface area contributed by atoms with Crippen LogP contribution in [0.2, 0.25) is 0 Å². The quantitative estimate of drug-likeness (QED) is 0.814. The molecule has 0 aliphatic heterocycles. The Balaban J connectivity index is 2.88. The summed E-state index contributed by atoms with van der Waals surface area (Å²) in [5.41, 5.74) is 1.75. The molecule has 0 unspecified atom stereocenters. The summed E-state index contributed by atoms with van der Waals surface area (Å²) < 4.78 is 0. The van der Waals surface area contributed by atoms with Gasteiger partial charge in [-0.15, -0.1) is 11.3 Å². The maximum atomic E-state index is 3.42. The zero-order valence-electron chi connectivity index (χ0n) is 12.6. The first-order valence-electron chi connectivity index (χ1n) is 6.86. The molecule has 1 aromatic heterocycles. The van der Waals surface area contributed by atoms with Gasteiger partial charge in [-0.3, -0.25) is 0 Å². The van der Waals surface area contributed by atoms with Crippen LogP contribution in [0.3, 0.4) is 0 Å². The summed E-state index contributed by atoms with van der Waals surface area (Å²) in [6.45, 7) is 15.5. The minimum atomic E-state index is 0.260. The molecule has 0 aromatic carbocycles. The van der Waals surface area contributed by atoms with Gasteiger partial charge in [0.1, 0.15) is 0 Å². The first-order valence-corrected chi connectivity index (χ1v) is 7.67. The molecule has 0 fully saturated rings. The second-order valence-electron chi connectivity index (χ2n) is 6.11. The minimum absolute atomic E-state index is 0.260. The van der Waals surface area contributed by atoms with E-state index in [4.69, 9.17) is 0 Å². The summed E-state index contributed by atoms with van der Waals surface area (Å²) >= 11 is 1.91. The highest BCUT2D eigenvalue weighted by Crippen LogP contribution is 2.31. The molecule has 102 valence electrons. The van der Waals surface area contributed by atoms with Gasteiger partial charge >= 0.3 is 0 Å². The maximum Gasteiger partial charge on any atom is 0.0273 e. The van der Waals surface area contributed by atoms with Gasteiger partial charge in [0.15, 0.2) is 0 Å². The summed E-state index contributed by atoms with van der Waals surface area (Å²) in [5, 5.41) is 3.42. The van der Waals surface area contributed by atoms with Gasteiger partial charge in [-0.1, -0.05) is 47.1 Å². The van der Waals surface area contributed by atoms with E-state index >= 15 is 0 Å². The van der Waals surface area contributed by atoms with Crippen LogP contribution in [0.1, 0.15) is 51.3 Å². The standard InChI is InChI=1S/C16H27NS/c1-7-17-11-13(12(2)3)10-14-8-9-15(18-14)16(4,5)6/h8-10,12,17H,7,11H2,1-6H3/b13-10-.